The van der Waals surface area contributed by atoms with Crippen LogP contribution < -0.4 is 24.8 Å². The van der Waals surface area contributed by atoms with Gasteiger partial charge in [0.2, 0.25) is 6.79 Å². The van der Waals surface area contributed by atoms with Gasteiger partial charge in [0.25, 0.3) is 0 Å². The number of carbonyl (C=O) groups excluding carboxylic acids is 1. The van der Waals surface area contributed by atoms with Gasteiger partial charge in [-0.3, -0.25) is 0 Å². The molecule has 126 valence electrons. The van der Waals surface area contributed by atoms with Gasteiger partial charge < -0.3 is 24.8 Å². The maximum atomic E-state index is 11.8. The van der Waals surface area contributed by atoms with Gasteiger partial charge in [-0.2, -0.15) is 0 Å². The van der Waals surface area contributed by atoms with Gasteiger partial charge in [0.15, 0.2) is 11.5 Å². The van der Waals surface area contributed by atoms with Gasteiger partial charge >= 0.3 is 6.03 Å². The van der Waals surface area contributed by atoms with Crippen molar-refractivity contribution in [2.24, 2.45) is 0 Å². The number of halogens is 1. The van der Waals surface area contributed by atoms with Crippen molar-refractivity contribution in [2.45, 2.75) is 6.54 Å². The van der Waals surface area contributed by atoms with E-state index in [1.807, 2.05) is 18.2 Å². The molecule has 0 unspecified atom stereocenters. The molecule has 0 aliphatic carbocycles. The lowest BCUT2D eigenvalue weighted by Crippen LogP contribution is -2.37. The molecule has 7 heteroatoms. The quantitative estimate of drug-likeness (QED) is 0.787. The first-order valence-electron chi connectivity index (χ1n) is 7.49. The van der Waals surface area contributed by atoms with Gasteiger partial charge in [0.05, 0.1) is 6.54 Å². The summed E-state index contributed by atoms with van der Waals surface area (Å²) in [5.41, 5.74) is 0.937. The average molecular weight is 349 g/mol. The molecule has 2 aromatic carbocycles. The van der Waals surface area contributed by atoms with Crippen LogP contribution in [0, 0.1) is 0 Å². The molecule has 2 amide bonds. The second-order valence-electron chi connectivity index (χ2n) is 5.10. The number of nitrogens with one attached hydrogen (secondary N) is 2. The summed E-state index contributed by atoms with van der Waals surface area (Å²) in [7, 11) is 0. The van der Waals surface area contributed by atoms with E-state index in [9.17, 15) is 4.79 Å². The Hall–Kier alpha value is -2.60. The van der Waals surface area contributed by atoms with Crippen LogP contribution in [0.15, 0.2) is 42.5 Å². The minimum absolute atomic E-state index is 0.236. The van der Waals surface area contributed by atoms with Crippen LogP contribution >= 0.6 is 11.6 Å². The van der Waals surface area contributed by atoms with Crippen molar-refractivity contribution in [3.8, 4) is 17.2 Å². The van der Waals surface area contributed by atoms with E-state index in [4.69, 9.17) is 25.8 Å². The highest BCUT2D eigenvalue weighted by Gasteiger charge is 2.13. The zero-order chi connectivity index (χ0) is 16.8. The monoisotopic (exact) mass is 348 g/mol. The third kappa shape index (κ3) is 4.45. The Morgan fingerprint density at radius 2 is 1.88 bits per heavy atom. The molecule has 0 bridgehead atoms. The number of benzene rings is 2. The Morgan fingerprint density at radius 3 is 2.71 bits per heavy atom. The van der Waals surface area contributed by atoms with E-state index in [0.717, 1.165) is 11.3 Å². The van der Waals surface area contributed by atoms with Crippen molar-refractivity contribution in [3.63, 3.8) is 0 Å². The molecular weight excluding hydrogens is 332 g/mol. The zero-order valence-electron chi connectivity index (χ0n) is 12.9. The number of fused-ring (bicyclic) bond motifs is 1. The summed E-state index contributed by atoms with van der Waals surface area (Å²) in [5.74, 6) is 2.13. The standard InChI is InChI=1S/C17H17ClN2O4/c18-13-2-4-14(5-3-13)22-8-7-19-17(21)20-10-12-1-6-15-16(9-12)24-11-23-15/h1-6,9H,7-8,10-11H2,(H2,19,20,21). The third-order valence-electron chi connectivity index (χ3n) is 3.36. The molecule has 6 nitrogen and oxygen atoms in total. The summed E-state index contributed by atoms with van der Waals surface area (Å²) in [6.07, 6.45) is 0. The molecule has 0 aromatic heterocycles. The van der Waals surface area contributed by atoms with E-state index in [-0.39, 0.29) is 12.8 Å². The molecule has 1 aliphatic heterocycles. The van der Waals surface area contributed by atoms with Crippen LogP contribution in [0.1, 0.15) is 5.56 Å². The molecule has 1 aliphatic rings. The molecule has 0 atom stereocenters. The van der Waals surface area contributed by atoms with Gasteiger partial charge in [-0.05, 0) is 42.0 Å². The van der Waals surface area contributed by atoms with Crippen LogP contribution in [-0.2, 0) is 6.54 Å². The minimum Gasteiger partial charge on any atom is -0.492 e. The zero-order valence-corrected chi connectivity index (χ0v) is 13.6. The minimum atomic E-state index is -0.257. The Labute approximate surface area is 144 Å². The van der Waals surface area contributed by atoms with E-state index in [1.54, 1.807) is 24.3 Å². The molecule has 1 heterocycles. The Bertz CT molecular complexity index is 706. The lowest BCUT2D eigenvalue weighted by Gasteiger charge is -2.09. The Balaban J connectivity index is 1.34. The predicted molar refractivity (Wildman–Crippen MR) is 89.8 cm³/mol. The van der Waals surface area contributed by atoms with E-state index in [0.29, 0.717) is 36.2 Å². The molecule has 0 fully saturated rings. The number of carbonyl (C=O) groups is 1. The normalized spacial score (nSPS) is 11.9. The maximum absolute atomic E-state index is 11.8. The fraction of sp³-hybridized carbons (Fsp3) is 0.235. The lowest BCUT2D eigenvalue weighted by molar-refractivity contribution is 0.174. The van der Waals surface area contributed by atoms with Crippen LogP contribution in [0.25, 0.3) is 0 Å². The largest absolute Gasteiger partial charge is 0.492 e. The smallest absolute Gasteiger partial charge is 0.315 e. The molecule has 3 rings (SSSR count). The topological polar surface area (TPSA) is 68.8 Å². The summed E-state index contributed by atoms with van der Waals surface area (Å²) in [5, 5.41) is 6.16. The van der Waals surface area contributed by atoms with E-state index >= 15 is 0 Å². The highest BCUT2D eigenvalue weighted by Crippen LogP contribution is 2.32. The number of hydrogen-bond acceptors (Lipinski definition) is 4. The molecule has 2 aromatic rings. The van der Waals surface area contributed by atoms with Crippen LogP contribution in [0.3, 0.4) is 0 Å². The molecule has 0 saturated heterocycles. The third-order valence-corrected chi connectivity index (χ3v) is 3.61. The number of urea groups is 1. The summed E-state index contributed by atoms with van der Waals surface area (Å²) in [6, 6.07) is 12.4. The molecule has 0 spiro atoms. The number of amides is 2. The summed E-state index contributed by atoms with van der Waals surface area (Å²) in [6.45, 7) is 1.41. The Kier molecular flexibility index (Phi) is 5.28. The van der Waals surface area contributed by atoms with Gasteiger partial charge in [0, 0.05) is 11.6 Å². The first-order valence-corrected chi connectivity index (χ1v) is 7.87. The number of hydrogen-bond donors (Lipinski definition) is 2. The van der Waals surface area contributed by atoms with Crippen molar-refractivity contribution >= 4 is 17.6 Å². The maximum Gasteiger partial charge on any atom is 0.315 e. The van der Waals surface area contributed by atoms with Crippen molar-refractivity contribution in [1.82, 2.24) is 10.6 Å². The first kappa shape index (κ1) is 16.3. The fourth-order valence-electron chi connectivity index (χ4n) is 2.16. The Morgan fingerprint density at radius 1 is 1.08 bits per heavy atom. The van der Waals surface area contributed by atoms with Gasteiger partial charge in [-0.25, -0.2) is 4.79 Å². The van der Waals surface area contributed by atoms with Crippen LogP contribution in [0.5, 0.6) is 17.2 Å². The average Bonchev–Trinajstić information content (AvgIpc) is 3.06. The summed E-state index contributed by atoms with van der Waals surface area (Å²) < 4.78 is 16.0. The van der Waals surface area contributed by atoms with E-state index < -0.39 is 0 Å². The number of ether oxygens (including phenoxy) is 3. The van der Waals surface area contributed by atoms with Crippen LogP contribution in [0.4, 0.5) is 4.79 Å². The first-order chi connectivity index (χ1) is 11.7. The fourth-order valence-corrected chi connectivity index (χ4v) is 2.29. The van der Waals surface area contributed by atoms with Gasteiger partial charge in [-0.1, -0.05) is 17.7 Å². The molecular formula is C17H17ClN2O4. The van der Waals surface area contributed by atoms with Crippen molar-refractivity contribution in [3.05, 3.63) is 53.1 Å². The highest BCUT2D eigenvalue weighted by atomic mass is 35.5. The van der Waals surface area contributed by atoms with Crippen LogP contribution in [0.2, 0.25) is 5.02 Å². The van der Waals surface area contributed by atoms with Gasteiger partial charge in [0.1, 0.15) is 12.4 Å². The van der Waals surface area contributed by atoms with E-state index in [1.165, 1.54) is 0 Å². The molecule has 24 heavy (non-hydrogen) atoms. The lowest BCUT2D eigenvalue weighted by atomic mass is 10.2. The van der Waals surface area contributed by atoms with Crippen molar-refractivity contribution in [1.29, 1.82) is 0 Å². The second-order valence-corrected chi connectivity index (χ2v) is 5.54. The predicted octanol–water partition coefficient (Wildman–Crippen LogP) is 2.95. The SMILES string of the molecule is O=C(NCCOc1ccc(Cl)cc1)NCc1ccc2c(c1)OCO2. The van der Waals surface area contributed by atoms with Gasteiger partial charge in [-0.15, -0.1) is 0 Å². The second kappa shape index (κ2) is 7.79. The molecule has 0 radical (unpaired) electrons. The highest BCUT2D eigenvalue weighted by molar-refractivity contribution is 6.30. The van der Waals surface area contributed by atoms with E-state index in [2.05, 4.69) is 10.6 Å². The summed E-state index contributed by atoms with van der Waals surface area (Å²) in [4.78, 5) is 11.8. The van der Waals surface area contributed by atoms with Crippen LogP contribution in [-0.4, -0.2) is 26.0 Å². The molecule has 0 saturated carbocycles. The summed E-state index contributed by atoms with van der Waals surface area (Å²) >= 11 is 5.80. The van der Waals surface area contributed by atoms with Crippen molar-refractivity contribution in [2.75, 3.05) is 19.9 Å². The number of rotatable bonds is 6. The van der Waals surface area contributed by atoms with Crippen molar-refractivity contribution < 1.29 is 19.0 Å². The molecule has 2 N–H and O–H groups in total.